The third-order valence-electron chi connectivity index (χ3n) is 3.39. The molecule has 2 rings (SSSR count). The first-order chi connectivity index (χ1) is 7.72. The van der Waals surface area contributed by atoms with E-state index in [-0.39, 0.29) is 0 Å². The maximum Gasteiger partial charge on any atom is 0.104 e. The molecule has 0 aromatic rings. The van der Waals surface area contributed by atoms with Crippen molar-refractivity contribution in [3.8, 4) is 6.07 Å². The molecular formula is C13H17N3. The SMILES string of the molecule is N#CC1(N)CCC(CC2=CC=NC=CC2)C1. The largest absolute Gasteiger partial charge is 0.313 e. The fraction of sp³-hybridized carbons (Fsp3) is 0.538. The van der Waals surface area contributed by atoms with Crippen LogP contribution in [0.25, 0.3) is 0 Å². The van der Waals surface area contributed by atoms with Crippen LogP contribution < -0.4 is 5.73 Å². The van der Waals surface area contributed by atoms with Gasteiger partial charge in [0, 0.05) is 12.4 Å². The van der Waals surface area contributed by atoms with E-state index in [1.807, 2.05) is 12.4 Å². The van der Waals surface area contributed by atoms with E-state index >= 15 is 0 Å². The smallest absolute Gasteiger partial charge is 0.104 e. The molecule has 3 nitrogen and oxygen atoms in total. The molecule has 16 heavy (non-hydrogen) atoms. The fourth-order valence-electron chi connectivity index (χ4n) is 2.51. The highest BCUT2D eigenvalue weighted by atomic mass is 14.8. The van der Waals surface area contributed by atoms with E-state index in [4.69, 9.17) is 11.0 Å². The number of nitrogens with two attached hydrogens (primary N) is 1. The summed E-state index contributed by atoms with van der Waals surface area (Å²) in [5.41, 5.74) is 6.79. The van der Waals surface area contributed by atoms with Gasteiger partial charge >= 0.3 is 0 Å². The Bertz CT molecular complexity index is 386. The zero-order chi connectivity index (χ0) is 11.4. The van der Waals surface area contributed by atoms with Crippen LogP contribution in [0.4, 0.5) is 0 Å². The van der Waals surface area contributed by atoms with Crippen LogP contribution in [0.2, 0.25) is 0 Å². The van der Waals surface area contributed by atoms with E-state index in [0.717, 1.165) is 32.1 Å². The predicted octanol–water partition coefficient (Wildman–Crippen LogP) is 2.31. The molecule has 0 amide bonds. The summed E-state index contributed by atoms with van der Waals surface area (Å²) in [5.74, 6) is 0.566. The van der Waals surface area contributed by atoms with Crippen molar-refractivity contribution in [2.45, 2.75) is 37.6 Å². The van der Waals surface area contributed by atoms with Crippen LogP contribution in [0, 0.1) is 17.2 Å². The Kier molecular flexibility index (Phi) is 3.21. The van der Waals surface area contributed by atoms with Crippen molar-refractivity contribution in [2.24, 2.45) is 16.6 Å². The molecule has 1 heterocycles. The highest BCUT2D eigenvalue weighted by molar-refractivity contribution is 5.73. The first-order valence-corrected chi connectivity index (χ1v) is 5.78. The summed E-state index contributed by atoms with van der Waals surface area (Å²) in [6, 6.07) is 2.24. The van der Waals surface area contributed by atoms with Crippen molar-refractivity contribution in [3.05, 3.63) is 23.9 Å². The quantitative estimate of drug-likeness (QED) is 0.768. The van der Waals surface area contributed by atoms with Gasteiger partial charge in [-0.25, -0.2) is 0 Å². The molecule has 2 aliphatic rings. The molecular weight excluding hydrogens is 198 g/mol. The van der Waals surface area contributed by atoms with Gasteiger partial charge in [-0.3, -0.25) is 4.99 Å². The van der Waals surface area contributed by atoms with Crippen molar-refractivity contribution in [1.29, 1.82) is 5.26 Å². The Balaban J connectivity index is 1.93. The van der Waals surface area contributed by atoms with Gasteiger partial charge in [0.1, 0.15) is 5.54 Å². The highest BCUT2D eigenvalue weighted by Gasteiger charge is 2.35. The lowest BCUT2D eigenvalue weighted by Gasteiger charge is -2.15. The Labute approximate surface area is 96.4 Å². The molecule has 2 N–H and O–H groups in total. The number of nitrogens with zero attached hydrogens (tertiary/aromatic N) is 2. The van der Waals surface area contributed by atoms with E-state index in [1.54, 1.807) is 0 Å². The number of rotatable bonds is 2. The summed E-state index contributed by atoms with van der Waals surface area (Å²) in [7, 11) is 0. The Morgan fingerprint density at radius 1 is 1.62 bits per heavy atom. The van der Waals surface area contributed by atoms with Crippen LogP contribution in [0.3, 0.4) is 0 Å². The molecule has 0 aromatic carbocycles. The second-order valence-corrected chi connectivity index (χ2v) is 4.79. The Hall–Kier alpha value is -1.40. The van der Waals surface area contributed by atoms with Crippen LogP contribution in [0.5, 0.6) is 0 Å². The monoisotopic (exact) mass is 215 g/mol. The van der Waals surface area contributed by atoms with E-state index in [0.29, 0.717) is 5.92 Å². The van der Waals surface area contributed by atoms with Crippen LogP contribution in [0.15, 0.2) is 28.9 Å². The molecule has 84 valence electrons. The Morgan fingerprint density at radius 2 is 2.50 bits per heavy atom. The lowest BCUT2D eigenvalue weighted by Crippen LogP contribution is -2.34. The second kappa shape index (κ2) is 4.63. The second-order valence-electron chi connectivity index (χ2n) is 4.79. The van der Waals surface area contributed by atoms with Gasteiger partial charge < -0.3 is 5.73 Å². The number of aliphatic imine (C=N–C) groups is 1. The van der Waals surface area contributed by atoms with Gasteiger partial charge in [-0.05, 0) is 44.1 Å². The van der Waals surface area contributed by atoms with Crippen LogP contribution in [0.1, 0.15) is 32.1 Å². The van der Waals surface area contributed by atoms with Gasteiger partial charge in [-0.15, -0.1) is 0 Å². The lowest BCUT2D eigenvalue weighted by molar-refractivity contribution is 0.493. The average molecular weight is 215 g/mol. The Morgan fingerprint density at radius 3 is 3.25 bits per heavy atom. The third-order valence-corrected chi connectivity index (χ3v) is 3.39. The standard InChI is InChI=1S/C13H17N3/c14-10-13(15)5-3-12(9-13)8-11-2-1-6-16-7-4-11/h1,4,6-7,12H,2-3,5,8-9,15H2. The van der Waals surface area contributed by atoms with Crippen molar-refractivity contribution in [2.75, 3.05) is 0 Å². The zero-order valence-electron chi connectivity index (χ0n) is 9.39. The lowest BCUT2D eigenvalue weighted by atomic mass is 9.93. The highest BCUT2D eigenvalue weighted by Crippen LogP contribution is 2.36. The molecule has 0 aromatic heterocycles. The van der Waals surface area contributed by atoms with Gasteiger partial charge in [-0.2, -0.15) is 5.26 Å². The summed E-state index contributed by atoms with van der Waals surface area (Å²) < 4.78 is 0. The molecule has 0 bridgehead atoms. The fourth-order valence-corrected chi connectivity index (χ4v) is 2.51. The molecule has 1 aliphatic heterocycles. The molecule has 3 heteroatoms. The number of hydrogen-bond acceptors (Lipinski definition) is 3. The summed E-state index contributed by atoms with van der Waals surface area (Å²) >= 11 is 0. The molecule has 2 unspecified atom stereocenters. The minimum absolute atomic E-state index is 0.566. The number of nitriles is 1. The van der Waals surface area contributed by atoms with Crippen molar-refractivity contribution in [3.63, 3.8) is 0 Å². The van der Waals surface area contributed by atoms with Gasteiger partial charge in [0.25, 0.3) is 0 Å². The first kappa shape index (κ1) is 11.1. The van der Waals surface area contributed by atoms with Crippen molar-refractivity contribution >= 4 is 6.21 Å². The summed E-state index contributed by atoms with van der Waals surface area (Å²) in [4.78, 5) is 4.08. The maximum absolute atomic E-state index is 8.97. The normalized spacial score (nSPS) is 33.2. The molecule has 1 saturated carbocycles. The topological polar surface area (TPSA) is 62.2 Å². The van der Waals surface area contributed by atoms with E-state index < -0.39 is 5.54 Å². The van der Waals surface area contributed by atoms with Gasteiger partial charge in [0.2, 0.25) is 0 Å². The molecule has 1 fully saturated rings. The number of allylic oxidation sites excluding steroid dienone is 3. The first-order valence-electron chi connectivity index (χ1n) is 5.78. The third kappa shape index (κ3) is 2.59. The van der Waals surface area contributed by atoms with E-state index in [1.165, 1.54) is 5.57 Å². The number of hydrogen-bond donors (Lipinski definition) is 1. The molecule has 0 spiro atoms. The maximum atomic E-state index is 8.97. The zero-order valence-corrected chi connectivity index (χ0v) is 9.39. The summed E-state index contributed by atoms with van der Waals surface area (Å²) in [5, 5.41) is 8.97. The average Bonchev–Trinajstić information content (AvgIpc) is 2.51. The minimum Gasteiger partial charge on any atom is -0.313 e. The summed E-state index contributed by atoms with van der Waals surface area (Å²) in [6.45, 7) is 0. The summed E-state index contributed by atoms with van der Waals surface area (Å²) in [6.07, 6.45) is 12.6. The van der Waals surface area contributed by atoms with Crippen LogP contribution >= 0.6 is 0 Å². The van der Waals surface area contributed by atoms with Crippen LogP contribution in [-0.2, 0) is 0 Å². The minimum atomic E-state index is -0.570. The van der Waals surface area contributed by atoms with Gasteiger partial charge in [0.05, 0.1) is 6.07 Å². The van der Waals surface area contributed by atoms with Gasteiger partial charge in [-0.1, -0.05) is 11.6 Å². The van der Waals surface area contributed by atoms with Gasteiger partial charge in [0.15, 0.2) is 0 Å². The predicted molar refractivity (Wildman–Crippen MR) is 64.8 cm³/mol. The van der Waals surface area contributed by atoms with E-state index in [9.17, 15) is 0 Å². The molecule has 0 radical (unpaired) electrons. The van der Waals surface area contributed by atoms with E-state index in [2.05, 4.69) is 23.2 Å². The van der Waals surface area contributed by atoms with Crippen LogP contribution in [-0.4, -0.2) is 11.8 Å². The molecule has 0 saturated heterocycles. The molecule has 2 atom stereocenters. The van der Waals surface area contributed by atoms with Crippen molar-refractivity contribution in [1.82, 2.24) is 0 Å². The van der Waals surface area contributed by atoms with Crippen molar-refractivity contribution < 1.29 is 0 Å². The molecule has 1 aliphatic carbocycles.